The van der Waals surface area contributed by atoms with Crippen LogP contribution in [0.1, 0.15) is 34.9 Å². The minimum atomic E-state index is -0.0462. The van der Waals surface area contributed by atoms with Crippen LogP contribution < -0.4 is 5.32 Å². The van der Waals surface area contributed by atoms with Gasteiger partial charge in [-0.2, -0.15) is 0 Å². The van der Waals surface area contributed by atoms with Gasteiger partial charge in [-0.15, -0.1) is 21.5 Å². The van der Waals surface area contributed by atoms with Gasteiger partial charge in [-0.25, -0.2) is 4.98 Å². The topological polar surface area (TPSA) is 72.7 Å². The van der Waals surface area contributed by atoms with Gasteiger partial charge in [0.15, 0.2) is 10.8 Å². The van der Waals surface area contributed by atoms with E-state index in [2.05, 4.69) is 20.5 Å². The zero-order chi connectivity index (χ0) is 20.5. The highest BCUT2D eigenvalue weighted by Crippen LogP contribution is 2.39. The average Bonchev–Trinajstić information content (AvgIpc) is 3.41. The summed E-state index contributed by atoms with van der Waals surface area (Å²) in [5.41, 5.74) is 1.51. The van der Waals surface area contributed by atoms with E-state index in [1.54, 1.807) is 6.20 Å². The van der Waals surface area contributed by atoms with Gasteiger partial charge in [0.05, 0.1) is 10.7 Å². The minimum absolute atomic E-state index is 0.0462. The third-order valence-corrected chi connectivity index (χ3v) is 6.37. The Labute approximate surface area is 182 Å². The molecule has 0 radical (unpaired) electrons. The molecule has 0 atom stereocenters. The fraction of sp³-hybridized carbons (Fsp3) is 0.182. The molecule has 1 saturated carbocycles. The monoisotopic (exact) mass is 435 g/mol. The maximum Gasteiger partial charge on any atom is 0.251 e. The van der Waals surface area contributed by atoms with Crippen molar-refractivity contribution in [3.05, 3.63) is 82.6 Å². The van der Waals surface area contributed by atoms with Gasteiger partial charge in [-0.05, 0) is 37.1 Å². The fourth-order valence-electron chi connectivity index (χ4n) is 3.71. The number of para-hydroxylation sites is 1. The summed E-state index contributed by atoms with van der Waals surface area (Å²) in [6.07, 6.45) is 3.36. The van der Waals surface area contributed by atoms with Crippen LogP contribution in [0.5, 0.6) is 0 Å². The summed E-state index contributed by atoms with van der Waals surface area (Å²) in [7, 11) is 0. The molecule has 8 heteroatoms. The molecule has 5 rings (SSSR count). The Morgan fingerprint density at radius 1 is 1.07 bits per heavy atom. The molecule has 150 valence electrons. The lowest BCUT2D eigenvalue weighted by atomic mass is 9.79. The zero-order valence-corrected chi connectivity index (χ0v) is 17.5. The van der Waals surface area contributed by atoms with Gasteiger partial charge in [0.25, 0.3) is 5.91 Å². The predicted octanol–water partition coefficient (Wildman–Crippen LogP) is 4.72. The molecule has 0 saturated heterocycles. The zero-order valence-electron chi connectivity index (χ0n) is 15.9. The first-order valence-electron chi connectivity index (χ1n) is 9.66. The molecule has 4 aromatic rings. The van der Waals surface area contributed by atoms with Crippen LogP contribution >= 0.6 is 22.9 Å². The van der Waals surface area contributed by atoms with E-state index in [4.69, 9.17) is 11.6 Å². The first-order valence-corrected chi connectivity index (χ1v) is 10.9. The number of aromatic nitrogens is 4. The Kier molecular flexibility index (Phi) is 5.06. The van der Waals surface area contributed by atoms with E-state index in [0.717, 1.165) is 29.4 Å². The summed E-state index contributed by atoms with van der Waals surface area (Å²) in [5.74, 6) is 1.67. The molecule has 0 aliphatic heterocycles. The Balaban J connectivity index is 1.40. The Bertz CT molecular complexity index is 1170. The van der Waals surface area contributed by atoms with E-state index in [-0.39, 0.29) is 17.9 Å². The number of nitrogens with zero attached hydrogens (tertiary/aromatic N) is 4. The third-order valence-electron chi connectivity index (χ3n) is 5.28. The molecule has 0 bridgehead atoms. The molecule has 1 amide bonds. The fourth-order valence-corrected chi connectivity index (χ4v) is 4.54. The largest absolute Gasteiger partial charge is 0.349 e. The summed E-state index contributed by atoms with van der Waals surface area (Å²) in [6.45, 7) is 0. The number of hydrogen-bond acceptors (Lipinski definition) is 5. The van der Waals surface area contributed by atoms with Crippen molar-refractivity contribution in [3.8, 4) is 16.5 Å². The molecule has 1 N–H and O–H groups in total. The van der Waals surface area contributed by atoms with Crippen LogP contribution in [0.25, 0.3) is 16.5 Å². The van der Waals surface area contributed by atoms with E-state index in [9.17, 15) is 4.79 Å². The van der Waals surface area contributed by atoms with Crippen molar-refractivity contribution < 1.29 is 4.79 Å². The highest BCUT2D eigenvalue weighted by molar-refractivity contribution is 7.13. The second-order valence-electron chi connectivity index (χ2n) is 7.21. The van der Waals surface area contributed by atoms with Gasteiger partial charge < -0.3 is 5.32 Å². The first kappa shape index (κ1) is 19.0. The van der Waals surface area contributed by atoms with Crippen molar-refractivity contribution in [2.24, 2.45) is 0 Å². The summed E-state index contributed by atoms with van der Waals surface area (Å²) < 4.78 is 2.00. The maximum absolute atomic E-state index is 12.4. The van der Waals surface area contributed by atoms with Crippen molar-refractivity contribution in [2.45, 2.75) is 24.8 Å². The number of halogens is 1. The van der Waals surface area contributed by atoms with Crippen LogP contribution in [0.2, 0.25) is 5.02 Å². The molecule has 2 heterocycles. The number of carbonyl (C=O) groups excluding carboxylic acids is 1. The average molecular weight is 436 g/mol. The number of nitrogens with one attached hydrogen (secondary N) is 1. The first-order chi connectivity index (χ1) is 14.7. The molecular formula is C22H18ClN5OS. The van der Waals surface area contributed by atoms with Gasteiger partial charge in [-0.3, -0.25) is 9.36 Å². The molecule has 30 heavy (non-hydrogen) atoms. The second-order valence-corrected chi connectivity index (χ2v) is 8.51. The van der Waals surface area contributed by atoms with Crippen LogP contribution in [0.4, 0.5) is 0 Å². The lowest BCUT2D eigenvalue weighted by Gasteiger charge is -2.35. The van der Waals surface area contributed by atoms with E-state index in [1.165, 1.54) is 11.3 Å². The minimum Gasteiger partial charge on any atom is -0.349 e. The molecule has 2 aromatic heterocycles. The van der Waals surface area contributed by atoms with E-state index >= 15 is 0 Å². The molecule has 0 unspecified atom stereocenters. The SMILES string of the molecule is O=C(NC1CC(c2nnc(-c3nccs3)n2-c2ccccc2Cl)C1)c1ccccc1. The van der Waals surface area contributed by atoms with E-state index in [1.807, 2.05) is 64.5 Å². The van der Waals surface area contributed by atoms with Crippen LogP contribution in [-0.2, 0) is 0 Å². The highest BCUT2D eigenvalue weighted by Gasteiger charge is 2.36. The van der Waals surface area contributed by atoms with E-state index < -0.39 is 0 Å². The molecule has 1 aliphatic rings. The standard InChI is InChI=1S/C22H18ClN5OS/c23-17-8-4-5-9-18(17)28-19(26-27-20(28)22-24-10-11-30-22)15-12-16(13-15)25-21(29)14-6-2-1-3-7-14/h1-11,15-16H,12-13H2,(H,25,29). The molecule has 2 aromatic carbocycles. The second kappa shape index (κ2) is 8.01. The Morgan fingerprint density at radius 2 is 1.83 bits per heavy atom. The summed E-state index contributed by atoms with van der Waals surface area (Å²) in [6, 6.07) is 17.0. The number of benzene rings is 2. The van der Waals surface area contributed by atoms with Gasteiger partial charge >= 0.3 is 0 Å². The van der Waals surface area contributed by atoms with Crippen molar-refractivity contribution in [1.29, 1.82) is 0 Å². The maximum atomic E-state index is 12.4. The van der Waals surface area contributed by atoms with Gasteiger partial charge in [0.1, 0.15) is 5.82 Å². The van der Waals surface area contributed by atoms with Gasteiger partial charge in [-0.1, -0.05) is 41.9 Å². The molecule has 1 fully saturated rings. The molecule has 1 aliphatic carbocycles. The van der Waals surface area contributed by atoms with Crippen LogP contribution in [0.15, 0.2) is 66.2 Å². The Hall–Kier alpha value is -3.03. The lowest BCUT2D eigenvalue weighted by Crippen LogP contribution is -2.44. The molecule has 6 nitrogen and oxygen atoms in total. The number of rotatable bonds is 5. The highest BCUT2D eigenvalue weighted by atomic mass is 35.5. The number of carbonyl (C=O) groups is 1. The number of hydrogen-bond donors (Lipinski definition) is 1. The van der Waals surface area contributed by atoms with Gasteiger partial charge in [0, 0.05) is 29.1 Å². The molecular weight excluding hydrogens is 418 g/mol. The van der Waals surface area contributed by atoms with Gasteiger partial charge in [0.2, 0.25) is 0 Å². The van der Waals surface area contributed by atoms with Crippen molar-refractivity contribution in [2.75, 3.05) is 0 Å². The van der Waals surface area contributed by atoms with Crippen molar-refractivity contribution >= 4 is 28.8 Å². The normalized spacial score (nSPS) is 18.0. The predicted molar refractivity (Wildman–Crippen MR) is 117 cm³/mol. The number of amides is 1. The van der Waals surface area contributed by atoms with Crippen LogP contribution in [0, 0.1) is 0 Å². The summed E-state index contributed by atoms with van der Waals surface area (Å²) >= 11 is 8.02. The number of thiazole rings is 1. The summed E-state index contributed by atoms with van der Waals surface area (Å²) in [5, 5.41) is 15.4. The van der Waals surface area contributed by atoms with Crippen molar-refractivity contribution in [1.82, 2.24) is 25.1 Å². The van der Waals surface area contributed by atoms with Crippen LogP contribution in [-0.4, -0.2) is 31.7 Å². The third kappa shape index (κ3) is 3.51. The smallest absolute Gasteiger partial charge is 0.251 e. The summed E-state index contributed by atoms with van der Waals surface area (Å²) in [4.78, 5) is 16.8. The van der Waals surface area contributed by atoms with E-state index in [0.29, 0.717) is 16.4 Å². The lowest BCUT2D eigenvalue weighted by molar-refractivity contribution is 0.0907. The molecule has 0 spiro atoms. The van der Waals surface area contributed by atoms with Crippen molar-refractivity contribution in [3.63, 3.8) is 0 Å². The Morgan fingerprint density at radius 3 is 2.57 bits per heavy atom. The quantitative estimate of drug-likeness (QED) is 0.492. The van der Waals surface area contributed by atoms with Crippen LogP contribution in [0.3, 0.4) is 0 Å².